The van der Waals surface area contributed by atoms with Crippen molar-refractivity contribution in [1.29, 1.82) is 0 Å². The van der Waals surface area contributed by atoms with E-state index < -0.39 is 11.6 Å². The lowest BCUT2D eigenvalue weighted by molar-refractivity contribution is -0.124. The minimum Gasteiger partial charge on any atom is -0.391 e. The molecule has 1 aromatic rings. The van der Waals surface area contributed by atoms with Crippen LogP contribution in [0.1, 0.15) is 33.6 Å². The first-order chi connectivity index (χ1) is 9.31. The van der Waals surface area contributed by atoms with Crippen molar-refractivity contribution in [3.8, 4) is 0 Å². The van der Waals surface area contributed by atoms with Crippen molar-refractivity contribution in [2.24, 2.45) is 0 Å². The second kappa shape index (κ2) is 7.91. The zero-order valence-electron chi connectivity index (χ0n) is 12.1. The molecule has 1 unspecified atom stereocenters. The average Bonchev–Trinajstić information content (AvgIpc) is 2.36. The second-order valence-corrected chi connectivity index (χ2v) is 6.96. The van der Waals surface area contributed by atoms with Gasteiger partial charge in [-0.15, -0.1) is 11.8 Å². The van der Waals surface area contributed by atoms with E-state index in [2.05, 4.69) is 5.32 Å². The summed E-state index contributed by atoms with van der Waals surface area (Å²) in [6.07, 6.45) is 0.695. The van der Waals surface area contributed by atoms with Crippen molar-refractivity contribution in [2.45, 2.75) is 50.2 Å². The number of benzene rings is 1. The highest BCUT2D eigenvalue weighted by atomic mass is 35.5. The Morgan fingerprint density at radius 2 is 2.00 bits per heavy atom. The monoisotopic (exact) mass is 315 g/mol. The summed E-state index contributed by atoms with van der Waals surface area (Å²) in [6.45, 7) is 5.31. The Bertz CT molecular complexity index is 432. The second-order valence-electron chi connectivity index (χ2n) is 5.35. The van der Waals surface area contributed by atoms with Gasteiger partial charge in [-0.1, -0.05) is 11.6 Å². The van der Waals surface area contributed by atoms with Crippen LogP contribution in [0.15, 0.2) is 29.2 Å². The summed E-state index contributed by atoms with van der Waals surface area (Å²) in [5, 5.41) is 13.1. The van der Waals surface area contributed by atoms with Gasteiger partial charge >= 0.3 is 0 Å². The number of carbonyl (C=O) groups excluding carboxylic acids is 1. The summed E-state index contributed by atoms with van der Waals surface area (Å²) in [5.41, 5.74) is -0.583. The van der Waals surface area contributed by atoms with Gasteiger partial charge in [0.15, 0.2) is 0 Å². The van der Waals surface area contributed by atoms with E-state index in [0.717, 1.165) is 22.1 Å². The van der Waals surface area contributed by atoms with Crippen molar-refractivity contribution in [3.05, 3.63) is 29.3 Å². The van der Waals surface area contributed by atoms with Gasteiger partial charge in [-0.05, 0) is 57.2 Å². The molecule has 0 aliphatic rings. The van der Waals surface area contributed by atoms with Gasteiger partial charge in [0.05, 0.1) is 11.6 Å². The topological polar surface area (TPSA) is 49.3 Å². The maximum atomic E-state index is 11.8. The number of amides is 1. The molecular formula is C15H22ClNO2S. The molecule has 0 aromatic heterocycles. The van der Waals surface area contributed by atoms with Crippen molar-refractivity contribution in [1.82, 2.24) is 5.32 Å². The van der Waals surface area contributed by atoms with E-state index in [0.29, 0.717) is 6.42 Å². The van der Waals surface area contributed by atoms with Crippen LogP contribution < -0.4 is 5.32 Å². The summed E-state index contributed by atoms with van der Waals surface area (Å²) in [5.74, 6) is 0.858. The van der Waals surface area contributed by atoms with Crippen LogP contribution in [0, 0.1) is 0 Å². The number of hydrogen-bond acceptors (Lipinski definition) is 3. The minimum atomic E-state index is -0.583. The van der Waals surface area contributed by atoms with Crippen molar-refractivity contribution < 1.29 is 9.90 Å². The first-order valence-electron chi connectivity index (χ1n) is 6.69. The smallest absolute Gasteiger partial charge is 0.220 e. The largest absolute Gasteiger partial charge is 0.391 e. The van der Waals surface area contributed by atoms with Crippen molar-refractivity contribution in [2.75, 3.05) is 5.75 Å². The molecule has 20 heavy (non-hydrogen) atoms. The molecule has 0 saturated carbocycles. The molecule has 5 heteroatoms. The lowest BCUT2D eigenvalue weighted by atomic mass is 9.98. The lowest BCUT2D eigenvalue weighted by Gasteiger charge is -2.29. The Labute approximate surface area is 130 Å². The zero-order valence-corrected chi connectivity index (χ0v) is 13.7. The molecule has 3 nitrogen and oxygen atoms in total. The van der Waals surface area contributed by atoms with Crippen LogP contribution in [0.2, 0.25) is 5.02 Å². The van der Waals surface area contributed by atoms with Gasteiger partial charge in [0.1, 0.15) is 0 Å². The number of rotatable bonds is 7. The van der Waals surface area contributed by atoms with Crippen LogP contribution in [-0.2, 0) is 4.79 Å². The highest BCUT2D eigenvalue weighted by Gasteiger charge is 2.25. The van der Waals surface area contributed by atoms with Crippen molar-refractivity contribution in [3.63, 3.8) is 0 Å². The van der Waals surface area contributed by atoms with Crippen LogP contribution >= 0.6 is 23.4 Å². The molecule has 0 saturated heterocycles. The average molecular weight is 316 g/mol. The van der Waals surface area contributed by atoms with Crippen molar-refractivity contribution >= 4 is 29.3 Å². The third kappa shape index (κ3) is 6.16. The van der Waals surface area contributed by atoms with E-state index in [1.54, 1.807) is 18.7 Å². The third-order valence-electron chi connectivity index (χ3n) is 3.14. The van der Waals surface area contributed by atoms with E-state index in [9.17, 15) is 9.90 Å². The summed E-state index contributed by atoms with van der Waals surface area (Å²) >= 11 is 7.53. The third-order valence-corrected chi connectivity index (χ3v) is 4.49. The predicted molar refractivity (Wildman–Crippen MR) is 85.3 cm³/mol. The molecule has 0 aliphatic heterocycles. The quantitative estimate of drug-likeness (QED) is 0.598. The number of aliphatic hydroxyl groups excluding tert-OH is 1. The Morgan fingerprint density at radius 1 is 1.40 bits per heavy atom. The number of halogens is 1. The van der Waals surface area contributed by atoms with Crippen LogP contribution in [-0.4, -0.2) is 28.4 Å². The van der Waals surface area contributed by atoms with E-state index in [4.69, 9.17) is 11.6 Å². The summed E-state index contributed by atoms with van der Waals surface area (Å²) in [4.78, 5) is 12.9. The zero-order chi connectivity index (χ0) is 15.2. The fraction of sp³-hybridized carbons (Fsp3) is 0.533. The van der Waals surface area contributed by atoms with E-state index >= 15 is 0 Å². The standard InChI is InChI=1S/C15H22ClNO2S/c1-11(18)15(2,3)17-14(19)5-4-10-20-13-8-6-12(16)7-9-13/h6-9,11,18H,4-5,10H2,1-3H3,(H,17,19). The first kappa shape index (κ1) is 17.3. The van der Waals surface area contributed by atoms with Gasteiger partial charge in [-0.2, -0.15) is 0 Å². The maximum Gasteiger partial charge on any atom is 0.220 e. The van der Waals surface area contributed by atoms with Crippen LogP contribution in [0.4, 0.5) is 0 Å². The van der Waals surface area contributed by atoms with E-state index in [1.165, 1.54) is 0 Å². The molecule has 2 N–H and O–H groups in total. The maximum absolute atomic E-state index is 11.8. The number of aliphatic hydroxyl groups is 1. The molecule has 0 spiro atoms. The normalized spacial score (nSPS) is 13.1. The Hall–Kier alpha value is -0.710. The number of carbonyl (C=O) groups is 1. The van der Waals surface area contributed by atoms with Gasteiger partial charge in [-0.25, -0.2) is 0 Å². The first-order valence-corrected chi connectivity index (χ1v) is 8.05. The molecule has 1 atom stereocenters. The molecule has 1 aromatic carbocycles. The summed E-state index contributed by atoms with van der Waals surface area (Å²) in [6, 6.07) is 7.68. The fourth-order valence-electron chi connectivity index (χ4n) is 1.48. The Balaban J connectivity index is 2.24. The molecule has 0 bridgehead atoms. The number of thioether (sulfide) groups is 1. The molecule has 1 rings (SSSR count). The van der Waals surface area contributed by atoms with E-state index in [-0.39, 0.29) is 5.91 Å². The molecule has 112 valence electrons. The molecule has 0 radical (unpaired) electrons. The van der Waals surface area contributed by atoms with Gasteiger partial charge in [0, 0.05) is 16.3 Å². The van der Waals surface area contributed by atoms with E-state index in [1.807, 2.05) is 38.1 Å². The van der Waals surface area contributed by atoms with Gasteiger partial charge in [0.25, 0.3) is 0 Å². The number of hydrogen-bond donors (Lipinski definition) is 2. The summed E-state index contributed by atoms with van der Waals surface area (Å²) < 4.78 is 0. The van der Waals surface area contributed by atoms with Gasteiger partial charge < -0.3 is 10.4 Å². The van der Waals surface area contributed by atoms with Gasteiger partial charge in [0.2, 0.25) is 5.91 Å². The summed E-state index contributed by atoms with van der Waals surface area (Å²) in [7, 11) is 0. The molecule has 0 aliphatic carbocycles. The number of nitrogens with one attached hydrogen (secondary N) is 1. The highest BCUT2D eigenvalue weighted by Crippen LogP contribution is 2.21. The van der Waals surface area contributed by atoms with Crippen LogP contribution in [0.5, 0.6) is 0 Å². The lowest BCUT2D eigenvalue weighted by Crippen LogP contribution is -2.50. The minimum absolute atomic E-state index is 0.0207. The highest BCUT2D eigenvalue weighted by molar-refractivity contribution is 7.99. The molecule has 0 heterocycles. The molecular weight excluding hydrogens is 294 g/mol. The Kier molecular flexibility index (Phi) is 6.86. The van der Waals surface area contributed by atoms with Crippen LogP contribution in [0.25, 0.3) is 0 Å². The van der Waals surface area contributed by atoms with Crippen LogP contribution in [0.3, 0.4) is 0 Å². The van der Waals surface area contributed by atoms with Gasteiger partial charge in [-0.3, -0.25) is 4.79 Å². The predicted octanol–water partition coefficient (Wildman–Crippen LogP) is 3.49. The molecule has 0 fully saturated rings. The SMILES string of the molecule is CC(O)C(C)(C)NC(=O)CCCSc1ccc(Cl)cc1. The Morgan fingerprint density at radius 3 is 2.55 bits per heavy atom. The molecule has 1 amide bonds. The fourth-order valence-corrected chi connectivity index (χ4v) is 2.46.